The van der Waals surface area contributed by atoms with Gasteiger partial charge in [-0.15, -0.1) is 0 Å². The van der Waals surface area contributed by atoms with Gasteiger partial charge in [-0.1, -0.05) is 0 Å². The van der Waals surface area contributed by atoms with Gasteiger partial charge in [-0.2, -0.15) is 0 Å². The molecule has 1 unspecified atom stereocenters. The highest BCUT2D eigenvalue weighted by atomic mass is 16.5. The third kappa shape index (κ3) is 7.31. The Balaban J connectivity index is 2.16. The minimum atomic E-state index is -0.408. The van der Waals surface area contributed by atoms with Crippen LogP contribution in [0.2, 0.25) is 0 Å². The Hall–Kier alpha value is -0.160. The molecule has 0 spiro atoms. The number of aliphatic hydroxyl groups excluding tert-OH is 1. The van der Waals surface area contributed by atoms with Crippen molar-refractivity contribution >= 4 is 0 Å². The van der Waals surface area contributed by atoms with E-state index in [1.165, 1.54) is 0 Å². The van der Waals surface area contributed by atoms with E-state index < -0.39 is 6.10 Å². The number of aliphatic hydroxyl groups is 1. The van der Waals surface area contributed by atoms with Gasteiger partial charge in [0.2, 0.25) is 0 Å². The third-order valence-corrected chi connectivity index (χ3v) is 3.14. The maximum atomic E-state index is 9.92. The molecular formula is C14H29NO3. The standard InChI is InChI=1S/C14H29NO3/c1-14(2,3)18-11-13(16)10-15(4)9-12-5-7-17-8-6-12/h12-13,16H,5-11H2,1-4H3. The van der Waals surface area contributed by atoms with Crippen LogP contribution < -0.4 is 0 Å². The number of nitrogens with zero attached hydrogens (tertiary/aromatic N) is 1. The lowest BCUT2D eigenvalue weighted by Crippen LogP contribution is -2.38. The quantitative estimate of drug-likeness (QED) is 0.785. The molecule has 0 aromatic heterocycles. The zero-order chi connectivity index (χ0) is 13.6. The van der Waals surface area contributed by atoms with Crippen LogP contribution in [0, 0.1) is 5.92 Å². The predicted molar refractivity (Wildman–Crippen MR) is 72.8 cm³/mol. The number of hydrogen-bond donors (Lipinski definition) is 1. The van der Waals surface area contributed by atoms with Crippen LogP contribution in [0.1, 0.15) is 33.6 Å². The largest absolute Gasteiger partial charge is 0.389 e. The SMILES string of the molecule is CN(CC(O)COC(C)(C)C)CC1CCOCC1. The highest BCUT2D eigenvalue weighted by Crippen LogP contribution is 2.15. The number of rotatable bonds is 6. The molecule has 0 saturated carbocycles. The minimum absolute atomic E-state index is 0.180. The molecule has 0 aromatic rings. The lowest BCUT2D eigenvalue weighted by atomic mass is 10.00. The molecule has 4 heteroatoms. The van der Waals surface area contributed by atoms with Crippen LogP contribution in [0.3, 0.4) is 0 Å². The van der Waals surface area contributed by atoms with Gasteiger partial charge < -0.3 is 19.5 Å². The van der Waals surface area contributed by atoms with E-state index in [2.05, 4.69) is 11.9 Å². The Morgan fingerprint density at radius 1 is 1.33 bits per heavy atom. The van der Waals surface area contributed by atoms with Crippen LogP contribution in [-0.4, -0.2) is 61.7 Å². The van der Waals surface area contributed by atoms with Crippen molar-refractivity contribution in [3.05, 3.63) is 0 Å². The van der Waals surface area contributed by atoms with E-state index in [0.29, 0.717) is 19.1 Å². The molecule has 1 aliphatic rings. The van der Waals surface area contributed by atoms with Crippen molar-refractivity contribution in [2.75, 3.05) is 40.0 Å². The average Bonchev–Trinajstić information content (AvgIpc) is 2.26. The highest BCUT2D eigenvalue weighted by molar-refractivity contribution is 4.70. The number of likely N-dealkylation sites (N-methyl/N-ethyl adjacent to an activating group) is 1. The zero-order valence-electron chi connectivity index (χ0n) is 12.3. The molecule has 0 amide bonds. The van der Waals surface area contributed by atoms with E-state index in [-0.39, 0.29) is 5.60 Å². The van der Waals surface area contributed by atoms with Crippen LogP contribution >= 0.6 is 0 Å². The Morgan fingerprint density at radius 3 is 2.50 bits per heavy atom. The molecule has 0 aromatic carbocycles. The molecule has 1 atom stereocenters. The average molecular weight is 259 g/mol. The molecule has 0 aliphatic carbocycles. The summed E-state index contributed by atoms with van der Waals surface area (Å²) >= 11 is 0. The van der Waals surface area contributed by atoms with Gasteiger partial charge in [-0.3, -0.25) is 0 Å². The number of hydrogen-bond acceptors (Lipinski definition) is 4. The molecule has 0 radical (unpaired) electrons. The second kappa shape index (κ2) is 7.43. The maximum absolute atomic E-state index is 9.92. The number of ether oxygens (including phenoxy) is 2. The maximum Gasteiger partial charge on any atom is 0.0900 e. The molecule has 108 valence electrons. The van der Waals surface area contributed by atoms with Crippen molar-refractivity contribution < 1.29 is 14.6 Å². The molecule has 18 heavy (non-hydrogen) atoms. The van der Waals surface area contributed by atoms with E-state index in [0.717, 1.165) is 32.6 Å². The van der Waals surface area contributed by atoms with Gasteiger partial charge in [0.1, 0.15) is 0 Å². The van der Waals surface area contributed by atoms with Gasteiger partial charge in [-0.25, -0.2) is 0 Å². The second-order valence-corrected chi connectivity index (χ2v) is 6.35. The van der Waals surface area contributed by atoms with Crippen molar-refractivity contribution in [3.63, 3.8) is 0 Å². The van der Waals surface area contributed by atoms with E-state index in [9.17, 15) is 5.11 Å². The Morgan fingerprint density at radius 2 is 1.94 bits per heavy atom. The molecule has 1 rings (SSSR count). The molecule has 1 fully saturated rings. The van der Waals surface area contributed by atoms with Gasteiger partial charge >= 0.3 is 0 Å². The van der Waals surface area contributed by atoms with Crippen molar-refractivity contribution in [1.29, 1.82) is 0 Å². The van der Waals surface area contributed by atoms with Crippen molar-refractivity contribution in [1.82, 2.24) is 4.90 Å². The summed E-state index contributed by atoms with van der Waals surface area (Å²) in [4.78, 5) is 2.20. The minimum Gasteiger partial charge on any atom is -0.389 e. The first-order valence-electron chi connectivity index (χ1n) is 6.95. The second-order valence-electron chi connectivity index (χ2n) is 6.35. The van der Waals surface area contributed by atoms with Crippen LogP contribution in [0.4, 0.5) is 0 Å². The van der Waals surface area contributed by atoms with E-state index in [1.54, 1.807) is 0 Å². The summed E-state index contributed by atoms with van der Waals surface area (Å²) in [5.74, 6) is 0.708. The van der Waals surface area contributed by atoms with Crippen LogP contribution in [0.25, 0.3) is 0 Å². The molecule has 0 bridgehead atoms. The van der Waals surface area contributed by atoms with E-state index in [1.807, 2.05) is 20.8 Å². The summed E-state index contributed by atoms with van der Waals surface area (Å²) in [6.07, 6.45) is 1.87. The van der Waals surface area contributed by atoms with Crippen LogP contribution in [0.5, 0.6) is 0 Å². The Labute approximate surface area is 111 Å². The first-order valence-corrected chi connectivity index (χ1v) is 6.95. The Bertz CT molecular complexity index is 222. The third-order valence-electron chi connectivity index (χ3n) is 3.14. The molecule has 1 heterocycles. The van der Waals surface area contributed by atoms with Gasteiger partial charge in [0.25, 0.3) is 0 Å². The van der Waals surface area contributed by atoms with Crippen LogP contribution in [0.15, 0.2) is 0 Å². The zero-order valence-corrected chi connectivity index (χ0v) is 12.3. The molecule has 4 nitrogen and oxygen atoms in total. The lowest BCUT2D eigenvalue weighted by molar-refractivity contribution is -0.0561. The molecule has 1 N–H and O–H groups in total. The molecule has 1 aliphatic heterocycles. The van der Waals surface area contributed by atoms with Gasteiger partial charge in [0.05, 0.1) is 18.3 Å². The van der Waals surface area contributed by atoms with Crippen molar-refractivity contribution in [2.24, 2.45) is 5.92 Å². The summed E-state index contributed by atoms with van der Waals surface area (Å²) < 4.78 is 10.9. The summed E-state index contributed by atoms with van der Waals surface area (Å²) in [5, 5.41) is 9.92. The summed E-state index contributed by atoms with van der Waals surface area (Å²) in [6.45, 7) is 9.90. The van der Waals surface area contributed by atoms with Gasteiger partial charge in [0, 0.05) is 26.3 Å². The van der Waals surface area contributed by atoms with Crippen molar-refractivity contribution in [3.8, 4) is 0 Å². The smallest absolute Gasteiger partial charge is 0.0900 e. The first-order chi connectivity index (χ1) is 8.37. The fraction of sp³-hybridized carbons (Fsp3) is 1.00. The van der Waals surface area contributed by atoms with E-state index >= 15 is 0 Å². The summed E-state index contributed by atoms with van der Waals surface area (Å²) in [6, 6.07) is 0. The molecular weight excluding hydrogens is 230 g/mol. The normalized spacial score (nSPS) is 20.3. The lowest BCUT2D eigenvalue weighted by Gasteiger charge is -2.29. The fourth-order valence-electron chi connectivity index (χ4n) is 2.20. The predicted octanol–water partition coefficient (Wildman–Crippen LogP) is 1.52. The van der Waals surface area contributed by atoms with Gasteiger partial charge in [-0.05, 0) is 46.6 Å². The highest BCUT2D eigenvalue weighted by Gasteiger charge is 2.18. The fourth-order valence-corrected chi connectivity index (χ4v) is 2.20. The van der Waals surface area contributed by atoms with Gasteiger partial charge in [0.15, 0.2) is 0 Å². The molecule has 1 saturated heterocycles. The summed E-state index contributed by atoms with van der Waals surface area (Å²) in [5.41, 5.74) is -0.180. The van der Waals surface area contributed by atoms with Crippen LogP contribution in [-0.2, 0) is 9.47 Å². The first kappa shape index (κ1) is 15.9. The monoisotopic (exact) mass is 259 g/mol. The Kier molecular flexibility index (Phi) is 6.57. The van der Waals surface area contributed by atoms with E-state index in [4.69, 9.17) is 9.47 Å². The topological polar surface area (TPSA) is 41.9 Å². The van der Waals surface area contributed by atoms with Crippen molar-refractivity contribution in [2.45, 2.75) is 45.3 Å². The summed E-state index contributed by atoms with van der Waals surface area (Å²) in [7, 11) is 2.07.